The Morgan fingerprint density at radius 3 is 0.970 bits per heavy atom. The normalized spacial score (nSPS) is 12.7. The summed E-state index contributed by atoms with van der Waals surface area (Å²) in [5, 5.41) is 20.4. The van der Waals surface area contributed by atoms with Gasteiger partial charge in [0.05, 0.1) is 26.4 Å². The van der Waals surface area contributed by atoms with Gasteiger partial charge in [-0.05, 0) is 230 Å². The highest BCUT2D eigenvalue weighted by Crippen LogP contribution is 2.49. The van der Waals surface area contributed by atoms with E-state index in [-0.39, 0.29) is 0 Å². The second kappa shape index (κ2) is 32.7. The van der Waals surface area contributed by atoms with Crippen LogP contribution in [-0.4, -0.2) is 26.4 Å². The molecule has 4 unspecified atom stereocenters. The van der Waals surface area contributed by atoms with Gasteiger partial charge in [0.1, 0.15) is 0 Å². The molecule has 0 aliphatic rings. The van der Waals surface area contributed by atoms with Crippen LogP contribution >= 0.6 is 22.7 Å². The highest BCUT2D eigenvalue weighted by molar-refractivity contribution is 7.14. The van der Waals surface area contributed by atoms with Gasteiger partial charge in [-0.25, -0.2) is 0 Å². The van der Waals surface area contributed by atoms with Crippen LogP contribution in [0.1, 0.15) is 145 Å². The van der Waals surface area contributed by atoms with Crippen LogP contribution < -0.4 is 18.9 Å². The van der Waals surface area contributed by atoms with Crippen molar-refractivity contribution in [3.8, 4) is 66.1 Å². The summed E-state index contributed by atoms with van der Waals surface area (Å²) in [5.74, 6) is 5.40. The Morgan fingerprint density at radius 1 is 0.303 bits per heavy atom. The van der Waals surface area contributed by atoms with Crippen molar-refractivity contribution in [1.29, 1.82) is 0 Å². The van der Waals surface area contributed by atoms with Crippen LogP contribution in [0.3, 0.4) is 0 Å². The Labute approximate surface area is 599 Å². The van der Waals surface area contributed by atoms with Gasteiger partial charge >= 0.3 is 0 Å². The number of thiophene rings is 2. The molecule has 4 nitrogen and oxygen atoms in total. The first-order chi connectivity index (χ1) is 47.9. The number of hydrogen-bond acceptors (Lipinski definition) is 6. The van der Waals surface area contributed by atoms with Crippen molar-refractivity contribution in [3.05, 3.63) is 225 Å². The van der Waals surface area contributed by atoms with Crippen molar-refractivity contribution >= 4 is 87.3 Å². The van der Waals surface area contributed by atoms with E-state index in [0.29, 0.717) is 50.1 Å². The first kappa shape index (κ1) is 71.9. The lowest BCUT2D eigenvalue weighted by atomic mass is 9.85. The fraction of sp³-hybridized carbons (Fsp3) is 0.333. The molecule has 13 rings (SSSR count). The summed E-state index contributed by atoms with van der Waals surface area (Å²) in [6, 6.07) is 63.2. The molecule has 11 aromatic carbocycles. The van der Waals surface area contributed by atoms with Crippen LogP contribution in [0.5, 0.6) is 23.0 Å². The first-order valence-electron chi connectivity index (χ1n) is 36.6. The third-order valence-corrected chi connectivity index (χ3v) is 22.1. The molecular weight excluding hydrogens is 1250 g/mol. The highest BCUT2D eigenvalue weighted by Gasteiger charge is 2.23. The summed E-state index contributed by atoms with van der Waals surface area (Å²) in [6.45, 7) is 38.2. The second-order valence-electron chi connectivity index (χ2n) is 28.6. The smallest absolute Gasteiger partial charge is 0.161 e. The fourth-order valence-corrected chi connectivity index (χ4v) is 15.1. The van der Waals surface area contributed by atoms with Crippen LogP contribution in [0.25, 0.3) is 108 Å². The van der Waals surface area contributed by atoms with Crippen molar-refractivity contribution in [3.63, 3.8) is 0 Å². The van der Waals surface area contributed by atoms with E-state index in [1.807, 2.05) is 22.7 Å². The summed E-state index contributed by atoms with van der Waals surface area (Å²) < 4.78 is 25.4. The molecule has 13 aromatic rings. The Bertz CT molecular complexity index is 4840. The van der Waals surface area contributed by atoms with Crippen LogP contribution in [0.15, 0.2) is 181 Å². The Balaban J connectivity index is 0.000000152. The minimum absolute atomic E-state index is 0.494. The molecule has 2 aromatic heterocycles. The zero-order valence-corrected chi connectivity index (χ0v) is 63.5. The largest absolute Gasteiger partial charge is 0.489 e. The van der Waals surface area contributed by atoms with Crippen molar-refractivity contribution in [2.75, 3.05) is 26.4 Å². The third kappa shape index (κ3) is 16.3. The van der Waals surface area contributed by atoms with Crippen LogP contribution in [0, 0.1) is 72.1 Å². The standard InChI is InChI=1S/C36H46O2.C33H40O2.C24H18S2/c1-8-11-12-30-29-16-13-26(6)19-32(29)33-20-27(7)14-17-31(33)36(30)28-15-18-34(37-22-24(4)9-2)35(21-28)38-23-25(5)10-3;1-8-21(3)19-34-31-15-12-26(18-32(31)35-20-22(4)9-2)33-25(7)27-13-10-23(5)16-29(27)30-17-24(6)11-14-28(30)33;1-15-7-9-17-19(13-15)20-14-16(2)8-10-18(20)24(22-6-4-12-26-22)23(17)21-5-3-11-25-21/h13-21,24-25H,8-12,22-23H2,1-7H3;10-18,21-22H,8-9,19-20H2,1-7H3;3-14H,1-2H3. The number of benzene rings is 11. The molecular formula is C93H104O4S2. The van der Waals surface area contributed by atoms with Gasteiger partial charge in [0.25, 0.3) is 0 Å². The summed E-state index contributed by atoms with van der Waals surface area (Å²) in [6.07, 6.45) is 7.79. The number of aryl methyl sites for hydroxylation is 8. The van der Waals surface area contributed by atoms with Gasteiger partial charge in [0, 0.05) is 20.9 Å². The van der Waals surface area contributed by atoms with Crippen LogP contribution in [0.4, 0.5) is 0 Å². The first-order valence-corrected chi connectivity index (χ1v) is 38.4. The number of hydrogen-bond donors (Lipinski definition) is 0. The van der Waals surface area contributed by atoms with E-state index in [9.17, 15) is 0 Å². The number of rotatable bonds is 23. The van der Waals surface area contributed by atoms with E-state index in [0.717, 1.165) is 55.1 Å². The van der Waals surface area contributed by atoms with E-state index in [2.05, 4.69) is 291 Å². The van der Waals surface area contributed by atoms with Gasteiger partial charge < -0.3 is 18.9 Å². The molecule has 0 bridgehead atoms. The summed E-state index contributed by atoms with van der Waals surface area (Å²) >= 11 is 3.65. The molecule has 0 amide bonds. The lowest BCUT2D eigenvalue weighted by Crippen LogP contribution is -2.11. The zero-order chi connectivity index (χ0) is 70.0. The molecule has 99 heavy (non-hydrogen) atoms. The average Bonchev–Trinajstić information content (AvgIpc) is 1.46. The van der Waals surface area contributed by atoms with Crippen LogP contribution in [0.2, 0.25) is 0 Å². The molecule has 0 radical (unpaired) electrons. The molecule has 6 heteroatoms. The highest BCUT2D eigenvalue weighted by atomic mass is 32.1. The van der Waals surface area contributed by atoms with Crippen molar-refractivity contribution in [1.82, 2.24) is 0 Å². The minimum Gasteiger partial charge on any atom is -0.489 e. The van der Waals surface area contributed by atoms with Gasteiger partial charge in [0.15, 0.2) is 23.0 Å². The van der Waals surface area contributed by atoms with E-state index in [1.165, 1.54) is 165 Å². The lowest BCUT2D eigenvalue weighted by Gasteiger charge is -2.21. The van der Waals surface area contributed by atoms with Gasteiger partial charge in [-0.1, -0.05) is 261 Å². The minimum atomic E-state index is 0.494. The molecule has 2 heterocycles. The quantitative estimate of drug-likeness (QED) is 0.0598. The second-order valence-corrected chi connectivity index (χ2v) is 30.5. The fourth-order valence-electron chi connectivity index (χ4n) is 13.5. The summed E-state index contributed by atoms with van der Waals surface area (Å²) in [4.78, 5) is 2.68. The van der Waals surface area contributed by atoms with Gasteiger partial charge in [-0.3, -0.25) is 0 Å². The third-order valence-electron chi connectivity index (χ3n) is 20.3. The Hall–Kier alpha value is -8.42. The van der Waals surface area contributed by atoms with E-state index in [1.54, 1.807) is 0 Å². The van der Waals surface area contributed by atoms with Gasteiger partial charge in [-0.2, -0.15) is 0 Å². The number of ether oxygens (including phenoxy) is 4. The maximum Gasteiger partial charge on any atom is 0.161 e. The van der Waals surface area contributed by atoms with E-state index < -0.39 is 0 Å². The predicted octanol–water partition coefficient (Wildman–Crippen LogP) is 28.0. The van der Waals surface area contributed by atoms with Gasteiger partial charge in [-0.15, -0.1) is 22.7 Å². The number of unbranched alkanes of at least 4 members (excludes halogenated alkanes) is 1. The summed E-state index contributed by atoms with van der Waals surface area (Å²) in [5.41, 5.74) is 18.3. The Kier molecular flexibility index (Phi) is 23.7. The average molecular weight is 1350 g/mol. The molecule has 4 atom stereocenters. The predicted molar refractivity (Wildman–Crippen MR) is 433 cm³/mol. The SMILES string of the molecule is CCC(C)COc1ccc(-c2c(C)c3ccc(C)cc3c3cc(C)ccc23)cc1OCC(C)CC.CCCCc1c(-c2ccc(OCC(C)CC)c(OCC(C)CC)c2)c2ccc(C)cc2c2cc(C)ccc12.Cc1ccc2c(-c3cccs3)c(-c3cccs3)c3ccc(C)cc3c2c1. The van der Waals surface area contributed by atoms with Crippen molar-refractivity contribution in [2.24, 2.45) is 23.7 Å². The molecule has 0 saturated heterocycles. The molecule has 0 aliphatic heterocycles. The van der Waals surface area contributed by atoms with E-state index >= 15 is 0 Å². The lowest BCUT2D eigenvalue weighted by molar-refractivity contribution is 0.218. The number of fused-ring (bicyclic) bond motifs is 9. The maximum atomic E-state index is 6.45. The molecule has 0 spiro atoms. The molecule has 0 saturated carbocycles. The van der Waals surface area contributed by atoms with Gasteiger partial charge in [0.2, 0.25) is 0 Å². The topological polar surface area (TPSA) is 36.9 Å². The molecule has 0 aliphatic carbocycles. The van der Waals surface area contributed by atoms with Crippen molar-refractivity contribution < 1.29 is 18.9 Å². The molecule has 0 N–H and O–H groups in total. The summed E-state index contributed by atoms with van der Waals surface area (Å²) in [7, 11) is 0. The monoisotopic (exact) mass is 1350 g/mol. The Morgan fingerprint density at radius 2 is 0.616 bits per heavy atom. The van der Waals surface area contributed by atoms with Crippen molar-refractivity contribution in [2.45, 2.75) is 156 Å². The maximum absolute atomic E-state index is 6.45. The molecule has 0 fully saturated rings. The molecule has 512 valence electrons. The van der Waals surface area contributed by atoms with E-state index in [4.69, 9.17) is 18.9 Å². The van der Waals surface area contributed by atoms with Crippen LogP contribution in [-0.2, 0) is 6.42 Å². The zero-order valence-electron chi connectivity index (χ0n) is 61.9.